The molecule has 16 heavy (non-hydrogen) atoms. The Morgan fingerprint density at radius 3 is 2.94 bits per heavy atom. The van der Waals surface area contributed by atoms with Crippen LogP contribution in [0, 0.1) is 23.2 Å². The molecule has 0 saturated heterocycles. The minimum Gasteiger partial charge on any atom is -0.345 e. The summed E-state index contributed by atoms with van der Waals surface area (Å²) in [4.78, 5) is 10.6. The van der Waals surface area contributed by atoms with E-state index in [2.05, 4.69) is 17.2 Å². The van der Waals surface area contributed by atoms with Crippen molar-refractivity contribution in [3.8, 4) is 17.9 Å². The first-order valence-corrected chi connectivity index (χ1v) is 4.94. The standard InChI is InChI=1S/C12H9ClN2O/c1-9(16)15-6-2-3-11-7-10(8-14)4-5-12(11)13/h4-5,7H,6H2,1H3,(H,15,16). The van der Waals surface area contributed by atoms with E-state index < -0.39 is 0 Å². The van der Waals surface area contributed by atoms with Crippen LogP contribution in [0.25, 0.3) is 0 Å². The van der Waals surface area contributed by atoms with Gasteiger partial charge in [-0.15, -0.1) is 0 Å². The van der Waals surface area contributed by atoms with Crippen LogP contribution in [0.5, 0.6) is 0 Å². The van der Waals surface area contributed by atoms with E-state index in [4.69, 9.17) is 16.9 Å². The summed E-state index contributed by atoms with van der Waals surface area (Å²) in [6, 6.07) is 6.88. The number of carbonyl (C=O) groups is 1. The second kappa shape index (κ2) is 5.80. The van der Waals surface area contributed by atoms with Crippen LogP contribution in [0.15, 0.2) is 18.2 Å². The summed E-state index contributed by atoms with van der Waals surface area (Å²) in [6.07, 6.45) is 0. The van der Waals surface area contributed by atoms with Gasteiger partial charge in [0.05, 0.1) is 23.2 Å². The molecule has 80 valence electrons. The second-order valence-electron chi connectivity index (χ2n) is 3.02. The quantitative estimate of drug-likeness (QED) is 0.750. The van der Waals surface area contributed by atoms with Crippen LogP contribution in [0.4, 0.5) is 0 Å². The van der Waals surface area contributed by atoms with E-state index in [1.807, 2.05) is 6.07 Å². The Bertz CT molecular complexity index is 506. The molecule has 0 spiro atoms. The number of nitriles is 1. The number of rotatable bonds is 1. The Balaban J connectivity index is 2.80. The molecule has 0 unspecified atom stereocenters. The minimum atomic E-state index is -0.133. The lowest BCUT2D eigenvalue weighted by Crippen LogP contribution is -2.19. The van der Waals surface area contributed by atoms with Crippen LogP contribution in [-0.2, 0) is 4.79 Å². The van der Waals surface area contributed by atoms with Crippen LogP contribution in [-0.4, -0.2) is 12.5 Å². The lowest BCUT2D eigenvalue weighted by molar-refractivity contribution is -0.118. The number of nitrogens with one attached hydrogen (secondary N) is 1. The van der Waals surface area contributed by atoms with Gasteiger partial charge >= 0.3 is 0 Å². The zero-order valence-corrected chi connectivity index (χ0v) is 9.43. The topological polar surface area (TPSA) is 52.9 Å². The van der Waals surface area contributed by atoms with Gasteiger partial charge in [0.1, 0.15) is 0 Å². The van der Waals surface area contributed by atoms with Crippen molar-refractivity contribution in [1.82, 2.24) is 5.32 Å². The first-order chi connectivity index (χ1) is 7.63. The Kier molecular flexibility index (Phi) is 4.39. The van der Waals surface area contributed by atoms with Crippen molar-refractivity contribution in [2.45, 2.75) is 6.92 Å². The fourth-order valence-corrected chi connectivity index (χ4v) is 1.16. The molecule has 1 rings (SSSR count). The third kappa shape index (κ3) is 3.65. The highest BCUT2D eigenvalue weighted by atomic mass is 35.5. The second-order valence-corrected chi connectivity index (χ2v) is 3.43. The third-order valence-corrected chi connectivity index (χ3v) is 2.07. The minimum absolute atomic E-state index is 0.133. The lowest BCUT2D eigenvalue weighted by atomic mass is 10.1. The highest BCUT2D eigenvalue weighted by molar-refractivity contribution is 6.31. The van der Waals surface area contributed by atoms with E-state index in [9.17, 15) is 4.79 Å². The summed E-state index contributed by atoms with van der Waals surface area (Å²) in [5.41, 5.74) is 1.10. The number of hydrogen-bond acceptors (Lipinski definition) is 2. The van der Waals surface area contributed by atoms with Crippen LogP contribution < -0.4 is 5.32 Å². The van der Waals surface area contributed by atoms with Crippen molar-refractivity contribution in [1.29, 1.82) is 5.26 Å². The van der Waals surface area contributed by atoms with Gasteiger partial charge in [-0.1, -0.05) is 23.4 Å². The van der Waals surface area contributed by atoms with E-state index in [-0.39, 0.29) is 12.5 Å². The fraction of sp³-hybridized carbons (Fsp3) is 0.167. The van der Waals surface area contributed by atoms with E-state index in [0.717, 1.165) is 0 Å². The van der Waals surface area contributed by atoms with E-state index in [0.29, 0.717) is 16.1 Å². The van der Waals surface area contributed by atoms with Crippen molar-refractivity contribution in [2.24, 2.45) is 0 Å². The van der Waals surface area contributed by atoms with Gasteiger partial charge < -0.3 is 5.32 Å². The Morgan fingerprint density at radius 1 is 1.56 bits per heavy atom. The van der Waals surface area contributed by atoms with E-state index in [1.165, 1.54) is 6.92 Å². The summed E-state index contributed by atoms with van der Waals surface area (Å²) >= 11 is 5.90. The molecule has 0 bridgehead atoms. The molecular weight excluding hydrogens is 224 g/mol. The molecule has 0 aliphatic rings. The monoisotopic (exact) mass is 232 g/mol. The van der Waals surface area contributed by atoms with Gasteiger partial charge in [0.15, 0.2) is 0 Å². The average molecular weight is 233 g/mol. The largest absolute Gasteiger partial charge is 0.345 e. The van der Waals surface area contributed by atoms with Crippen LogP contribution in [0.2, 0.25) is 5.02 Å². The summed E-state index contributed by atoms with van der Waals surface area (Å²) in [5.74, 6) is 5.41. The molecule has 0 fully saturated rings. The van der Waals surface area contributed by atoms with Gasteiger partial charge in [0, 0.05) is 12.5 Å². The Labute approximate surface area is 99.0 Å². The summed E-state index contributed by atoms with van der Waals surface area (Å²) in [5, 5.41) is 11.7. The molecule has 0 aliphatic heterocycles. The summed E-state index contributed by atoms with van der Waals surface area (Å²) < 4.78 is 0. The van der Waals surface area contributed by atoms with Gasteiger partial charge in [-0.3, -0.25) is 4.79 Å². The maximum Gasteiger partial charge on any atom is 0.217 e. The van der Waals surface area contributed by atoms with Gasteiger partial charge in [-0.2, -0.15) is 5.26 Å². The molecule has 1 aromatic rings. The first kappa shape index (κ1) is 12.1. The SMILES string of the molecule is CC(=O)NCC#Cc1cc(C#N)ccc1Cl. The third-order valence-electron chi connectivity index (χ3n) is 1.74. The van der Waals surface area contributed by atoms with Gasteiger partial charge in [0.25, 0.3) is 0 Å². The molecular formula is C12H9ClN2O. The zero-order chi connectivity index (χ0) is 12.0. The highest BCUT2D eigenvalue weighted by Gasteiger charge is 1.98. The molecule has 1 aromatic carbocycles. The maximum atomic E-state index is 10.6. The van der Waals surface area contributed by atoms with Crippen molar-refractivity contribution in [2.75, 3.05) is 6.54 Å². The Hall–Kier alpha value is -1.97. The van der Waals surface area contributed by atoms with Gasteiger partial charge in [-0.05, 0) is 18.2 Å². The molecule has 0 saturated carbocycles. The zero-order valence-electron chi connectivity index (χ0n) is 8.67. The van der Waals surface area contributed by atoms with Crippen LogP contribution >= 0.6 is 11.6 Å². The molecule has 0 aromatic heterocycles. The maximum absolute atomic E-state index is 10.6. The van der Waals surface area contributed by atoms with Crippen molar-refractivity contribution >= 4 is 17.5 Å². The van der Waals surface area contributed by atoms with Crippen LogP contribution in [0.3, 0.4) is 0 Å². The summed E-state index contributed by atoms with van der Waals surface area (Å²) in [7, 11) is 0. The van der Waals surface area contributed by atoms with Crippen molar-refractivity contribution in [3.05, 3.63) is 34.3 Å². The molecule has 0 aliphatic carbocycles. The number of amides is 1. The molecule has 1 amide bonds. The number of nitrogens with zero attached hydrogens (tertiary/aromatic N) is 1. The first-order valence-electron chi connectivity index (χ1n) is 4.56. The van der Waals surface area contributed by atoms with Gasteiger partial charge in [-0.25, -0.2) is 0 Å². The number of benzene rings is 1. The fourth-order valence-electron chi connectivity index (χ4n) is 0.999. The number of halogens is 1. The predicted octanol–water partition coefficient (Wildman–Crippen LogP) is 1.70. The molecule has 4 heteroatoms. The molecule has 1 N–H and O–H groups in total. The average Bonchev–Trinajstić information content (AvgIpc) is 2.26. The molecule has 0 atom stereocenters. The van der Waals surface area contributed by atoms with Gasteiger partial charge in [0.2, 0.25) is 5.91 Å². The normalized spacial score (nSPS) is 8.56. The summed E-state index contributed by atoms with van der Waals surface area (Å²) in [6.45, 7) is 1.69. The smallest absolute Gasteiger partial charge is 0.217 e. The number of hydrogen-bond donors (Lipinski definition) is 1. The molecule has 0 radical (unpaired) electrons. The predicted molar refractivity (Wildman–Crippen MR) is 61.7 cm³/mol. The van der Waals surface area contributed by atoms with E-state index >= 15 is 0 Å². The van der Waals surface area contributed by atoms with Crippen molar-refractivity contribution < 1.29 is 4.79 Å². The lowest BCUT2D eigenvalue weighted by Gasteiger charge is -1.96. The van der Waals surface area contributed by atoms with E-state index in [1.54, 1.807) is 18.2 Å². The molecule has 0 heterocycles. The Morgan fingerprint density at radius 2 is 2.31 bits per heavy atom. The van der Waals surface area contributed by atoms with Crippen LogP contribution in [0.1, 0.15) is 18.1 Å². The molecule has 3 nitrogen and oxygen atoms in total. The van der Waals surface area contributed by atoms with Crippen molar-refractivity contribution in [3.63, 3.8) is 0 Å². The highest BCUT2D eigenvalue weighted by Crippen LogP contribution is 2.15. The number of carbonyl (C=O) groups excluding carboxylic acids is 1.